The molecule has 0 unspecified atom stereocenters. The van der Waals surface area contributed by atoms with Crippen LogP contribution in [0.4, 0.5) is 0 Å². The standard InChI is InChI=1S/C10H15NS/c1-7(2)9-10(8(3)4)12-6-5-11-9/h6-8H,1-4H3. The van der Waals surface area contributed by atoms with Gasteiger partial charge in [0.15, 0.2) is 0 Å². The first-order valence-electron chi connectivity index (χ1n) is 4.31. The minimum Gasteiger partial charge on any atom is -0.209 e. The minimum absolute atomic E-state index is 0.510. The molecule has 0 saturated heterocycles. The van der Waals surface area contributed by atoms with Crippen molar-refractivity contribution < 1.29 is 0 Å². The smallest absolute Gasteiger partial charge is 0.0630 e. The molecule has 0 aromatic heterocycles. The van der Waals surface area contributed by atoms with Gasteiger partial charge in [-0.15, -0.1) is 0 Å². The van der Waals surface area contributed by atoms with Gasteiger partial charge >= 0.3 is 0 Å². The van der Waals surface area contributed by atoms with Gasteiger partial charge < -0.3 is 0 Å². The van der Waals surface area contributed by atoms with E-state index < -0.39 is 0 Å². The Bertz CT molecular complexity index is 255. The van der Waals surface area contributed by atoms with E-state index in [9.17, 15) is 0 Å². The van der Waals surface area contributed by atoms with Gasteiger partial charge in [-0.3, -0.25) is 0 Å². The summed E-state index contributed by atoms with van der Waals surface area (Å²) < 4.78 is 0. The molecule has 0 radical (unpaired) electrons. The zero-order chi connectivity index (χ0) is 9.14. The first-order valence-corrected chi connectivity index (χ1v) is 5.19. The SMILES string of the molecule is CC(C)C1=C(C(C)C)SC=C=N1. The molecule has 0 bridgehead atoms. The largest absolute Gasteiger partial charge is 0.209 e. The van der Waals surface area contributed by atoms with Gasteiger partial charge in [0.2, 0.25) is 0 Å². The van der Waals surface area contributed by atoms with E-state index >= 15 is 0 Å². The lowest BCUT2D eigenvalue weighted by Gasteiger charge is -2.16. The summed E-state index contributed by atoms with van der Waals surface area (Å²) >= 11 is 1.76. The first kappa shape index (κ1) is 9.63. The summed E-state index contributed by atoms with van der Waals surface area (Å²) in [6, 6.07) is 0. The van der Waals surface area contributed by atoms with Gasteiger partial charge in [-0.2, -0.15) is 0 Å². The highest BCUT2D eigenvalue weighted by Gasteiger charge is 2.14. The van der Waals surface area contributed by atoms with Crippen LogP contribution in [-0.4, -0.2) is 5.87 Å². The summed E-state index contributed by atoms with van der Waals surface area (Å²) in [7, 11) is 0. The highest BCUT2D eigenvalue weighted by atomic mass is 32.2. The van der Waals surface area contributed by atoms with Crippen molar-refractivity contribution in [2.75, 3.05) is 0 Å². The lowest BCUT2D eigenvalue weighted by atomic mass is 10.1. The molecular weight excluding hydrogens is 166 g/mol. The van der Waals surface area contributed by atoms with Crippen LogP contribution in [0.3, 0.4) is 0 Å². The number of thioether (sulfide) groups is 1. The zero-order valence-electron chi connectivity index (χ0n) is 8.09. The molecule has 2 heteroatoms. The predicted molar refractivity (Wildman–Crippen MR) is 56.3 cm³/mol. The summed E-state index contributed by atoms with van der Waals surface area (Å²) in [4.78, 5) is 5.68. The monoisotopic (exact) mass is 181 g/mol. The lowest BCUT2D eigenvalue weighted by molar-refractivity contribution is 0.714. The van der Waals surface area contributed by atoms with Crippen LogP contribution in [-0.2, 0) is 0 Å². The Labute approximate surface area is 78.7 Å². The maximum Gasteiger partial charge on any atom is 0.0630 e. The van der Waals surface area contributed by atoms with E-state index in [0.29, 0.717) is 11.8 Å². The highest BCUT2D eigenvalue weighted by Crippen LogP contribution is 2.33. The van der Waals surface area contributed by atoms with Gasteiger partial charge in [0.1, 0.15) is 0 Å². The summed E-state index contributed by atoms with van der Waals surface area (Å²) in [6.07, 6.45) is 0. The number of rotatable bonds is 2. The fourth-order valence-corrected chi connectivity index (χ4v) is 2.05. The van der Waals surface area contributed by atoms with Gasteiger partial charge in [-0.1, -0.05) is 39.5 Å². The average molecular weight is 181 g/mol. The minimum atomic E-state index is 0.510. The average Bonchev–Trinajstić information content (AvgIpc) is 2.04. The molecule has 0 N–H and O–H groups in total. The third kappa shape index (κ3) is 2.02. The van der Waals surface area contributed by atoms with Crippen molar-refractivity contribution in [2.24, 2.45) is 16.8 Å². The van der Waals surface area contributed by atoms with E-state index in [1.807, 2.05) is 5.41 Å². The molecule has 1 nitrogen and oxygen atoms in total. The maximum atomic E-state index is 4.28. The number of aliphatic imine (C=N–C) groups is 1. The molecule has 0 saturated carbocycles. The molecule has 0 amide bonds. The Morgan fingerprint density at radius 2 is 1.92 bits per heavy atom. The molecule has 0 aliphatic carbocycles. The second-order valence-electron chi connectivity index (χ2n) is 3.54. The predicted octanol–water partition coefficient (Wildman–Crippen LogP) is 3.44. The van der Waals surface area contributed by atoms with Crippen LogP contribution < -0.4 is 0 Å². The van der Waals surface area contributed by atoms with Crippen LogP contribution in [0.1, 0.15) is 27.7 Å². The fourth-order valence-electron chi connectivity index (χ4n) is 1.15. The summed E-state index contributed by atoms with van der Waals surface area (Å²) in [5.41, 5.74) is 1.21. The topological polar surface area (TPSA) is 12.4 Å². The second-order valence-corrected chi connectivity index (χ2v) is 4.45. The Morgan fingerprint density at radius 3 is 2.33 bits per heavy atom. The van der Waals surface area contributed by atoms with Gasteiger partial charge in [0.05, 0.1) is 5.70 Å². The summed E-state index contributed by atoms with van der Waals surface area (Å²) in [5, 5.41) is 1.93. The Hall–Kier alpha value is -0.460. The van der Waals surface area contributed by atoms with Gasteiger partial charge in [0.25, 0.3) is 0 Å². The highest BCUT2D eigenvalue weighted by molar-refractivity contribution is 8.06. The van der Waals surface area contributed by atoms with Crippen LogP contribution in [0.25, 0.3) is 0 Å². The molecule has 1 aliphatic heterocycles. The number of allylic oxidation sites excluding steroid dienone is 2. The molecule has 0 aromatic rings. The molecule has 0 spiro atoms. The normalized spacial score (nSPS) is 16.8. The first-order chi connectivity index (χ1) is 5.63. The quantitative estimate of drug-likeness (QED) is 0.635. The van der Waals surface area contributed by atoms with Crippen molar-refractivity contribution in [1.82, 2.24) is 0 Å². The fraction of sp³-hybridized carbons (Fsp3) is 0.600. The van der Waals surface area contributed by atoms with Crippen molar-refractivity contribution in [1.29, 1.82) is 0 Å². The van der Waals surface area contributed by atoms with E-state index in [-0.39, 0.29) is 0 Å². The third-order valence-corrected chi connectivity index (χ3v) is 2.91. The van der Waals surface area contributed by atoms with E-state index in [0.717, 1.165) is 0 Å². The van der Waals surface area contributed by atoms with E-state index in [4.69, 9.17) is 0 Å². The Kier molecular flexibility index (Phi) is 3.19. The molecule has 0 atom stereocenters. The van der Waals surface area contributed by atoms with E-state index in [2.05, 4.69) is 38.6 Å². The van der Waals surface area contributed by atoms with Crippen LogP contribution in [0.2, 0.25) is 0 Å². The number of hydrogen-bond acceptors (Lipinski definition) is 2. The maximum absolute atomic E-state index is 4.28. The molecule has 12 heavy (non-hydrogen) atoms. The second kappa shape index (κ2) is 3.97. The molecule has 1 rings (SSSR count). The molecular formula is C10H15NS. The zero-order valence-corrected chi connectivity index (χ0v) is 8.90. The Morgan fingerprint density at radius 1 is 1.25 bits per heavy atom. The van der Waals surface area contributed by atoms with Crippen molar-refractivity contribution in [2.45, 2.75) is 27.7 Å². The van der Waals surface area contributed by atoms with Crippen molar-refractivity contribution in [3.05, 3.63) is 16.0 Å². The van der Waals surface area contributed by atoms with Crippen molar-refractivity contribution in [3.8, 4) is 0 Å². The molecule has 1 aliphatic rings. The summed E-state index contributed by atoms with van der Waals surface area (Å²) in [5.74, 6) is 3.99. The van der Waals surface area contributed by atoms with Crippen LogP contribution >= 0.6 is 11.8 Å². The number of nitrogens with zero attached hydrogens (tertiary/aromatic N) is 1. The van der Waals surface area contributed by atoms with Crippen LogP contribution in [0, 0.1) is 11.8 Å². The third-order valence-electron chi connectivity index (χ3n) is 1.75. The summed E-state index contributed by atoms with van der Waals surface area (Å²) in [6.45, 7) is 8.77. The van der Waals surface area contributed by atoms with Gasteiger partial charge in [-0.05, 0) is 17.7 Å². The molecule has 66 valence electrons. The van der Waals surface area contributed by atoms with Crippen molar-refractivity contribution in [3.63, 3.8) is 0 Å². The molecule has 0 aromatic carbocycles. The molecule has 0 fully saturated rings. The lowest BCUT2D eigenvalue weighted by Crippen LogP contribution is -2.01. The Balaban J connectivity index is 2.99. The van der Waals surface area contributed by atoms with Crippen LogP contribution in [0.15, 0.2) is 21.0 Å². The van der Waals surface area contributed by atoms with Gasteiger partial charge in [0, 0.05) is 10.3 Å². The van der Waals surface area contributed by atoms with E-state index in [1.54, 1.807) is 11.8 Å². The number of hydrogen-bond donors (Lipinski definition) is 0. The van der Waals surface area contributed by atoms with Gasteiger partial charge in [-0.25, -0.2) is 4.99 Å². The molecule has 1 heterocycles. The van der Waals surface area contributed by atoms with E-state index in [1.165, 1.54) is 10.6 Å². The van der Waals surface area contributed by atoms with Crippen molar-refractivity contribution >= 4 is 17.6 Å². The van der Waals surface area contributed by atoms with Crippen LogP contribution in [0.5, 0.6) is 0 Å².